The molecule has 13 heavy (non-hydrogen) atoms. The summed E-state index contributed by atoms with van der Waals surface area (Å²) in [6.07, 6.45) is 0. The molecule has 0 amide bonds. The van der Waals surface area contributed by atoms with E-state index in [1.165, 1.54) is 23.0 Å². The largest absolute Gasteiger partial charge is 0.208 e. The minimum atomic E-state index is 1.08. The fourth-order valence-corrected chi connectivity index (χ4v) is 3.16. The lowest BCUT2D eigenvalue weighted by molar-refractivity contribution is -0.319. The first-order valence-corrected chi connectivity index (χ1v) is 7.09. The second kappa shape index (κ2) is 5.46. The molecule has 0 saturated carbocycles. The Labute approximate surface area is 88.1 Å². The van der Waals surface area contributed by atoms with Crippen molar-refractivity contribution in [3.05, 3.63) is 0 Å². The molecule has 0 unspecified atom stereocenters. The number of rotatable bonds is 2. The topological polar surface area (TPSA) is 15.7 Å². The third kappa shape index (κ3) is 3.32. The molecule has 2 aliphatic rings. The van der Waals surface area contributed by atoms with Gasteiger partial charge in [-0.3, -0.25) is 0 Å². The summed E-state index contributed by atoms with van der Waals surface area (Å²) in [5, 5.41) is 4.21. The van der Waals surface area contributed by atoms with E-state index in [1.807, 2.05) is 23.5 Å². The van der Waals surface area contributed by atoms with Crippen molar-refractivity contribution < 1.29 is 4.94 Å². The summed E-state index contributed by atoms with van der Waals surface area (Å²) in [5.41, 5.74) is 0. The fraction of sp³-hybridized carbons (Fsp3) is 1.00. The summed E-state index contributed by atoms with van der Waals surface area (Å²) >= 11 is 4.03. The molecule has 2 aliphatic heterocycles. The van der Waals surface area contributed by atoms with Crippen molar-refractivity contribution >= 4 is 23.5 Å². The standard InChI is InChI=1S/C8H16N2OS2/c1-5-12-6-2-9(1)11-10-3-7-13-8-4-10/h1-8H2. The van der Waals surface area contributed by atoms with E-state index in [2.05, 4.69) is 10.1 Å². The van der Waals surface area contributed by atoms with Crippen LogP contribution in [-0.2, 0) is 4.94 Å². The predicted molar refractivity (Wildman–Crippen MR) is 58.9 cm³/mol. The summed E-state index contributed by atoms with van der Waals surface area (Å²) in [7, 11) is 0. The van der Waals surface area contributed by atoms with Crippen LogP contribution in [0.1, 0.15) is 0 Å². The molecule has 0 atom stereocenters. The van der Waals surface area contributed by atoms with Crippen LogP contribution in [0.5, 0.6) is 0 Å². The SMILES string of the molecule is C1CN(ON2CCSCC2)CCS1. The van der Waals surface area contributed by atoms with Crippen LogP contribution in [0.25, 0.3) is 0 Å². The van der Waals surface area contributed by atoms with E-state index >= 15 is 0 Å². The number of hydroxylamine groups is 4. The first-order chi connectivity index (χ1) is 6.45. The highest BCUT2D eigenvalue weighted by Gasteiger charge is 2.17. The van der Waals surface area contributed by atoms with Crippen LogP contribution in [0.4, 0.5) is 0 Å². The van der Waals surface area contributed by atoms with Crippen LogP contribution in [-0.4, -0.2) is 59.3 Å². The summed E-state index contributed by atoms with van der Waals surface area (Å²) in [6.45, 7) is 4.31. The van der Waals surface area contributed by atoms with Gasteiger partial charge in [-0.2, -0.15) is 33.7 Å². The quantitative estimate of drug-likeness (QED) is 0.686. The molecule has 0 aliphatic carbocycles. The van der Waals surface area contributed by atoms with E-state index < -0.39 is 0 Å². The van der Waals surface area contributed by atoms with E-state index in [9.17, 15) is 0 Å². The van der Waals surface area contributed by atoms with Gasteiger partial charge in [-0.1, -0.05) is 0 Å². The number of hydrogen-bond donors (Lipinski definition) is 0. The molecule has 0 aromatic rings. The van der Waals surface area contributed by atoms with Gasteiger partial charge in [0.25, 0.3) is 0 Å². The normalized spacial score (nSPS) is 27.7. The van der Waals surface area contributed by atoms with Gasteiger partial charge < -0.3 is 0 Å². The van der Waals surface area contributed by atoms with Crippen molar-refractivity contribution in [3.63, 3.8) is 0 Å². The molecule has 0 N–H and O–H groups in total. The highest BCUT2D eigenvalue weighted by atomic mass is 32.2. The number of hydrogen-bond acceptors (Lipinski definition) is 5. The van der Waals surface area contributed by atoms with Gasteiger partial charge in [-0.25, -0.2) is 4.94 Å². The predicted octanol–water partition coefficient (Wildman–Crippen LogP) is 0.931. The highest BCUT2D eigenvalue weighted by molar-refractivity contribution is 7.99. The molecule has 0 bridgehead atoms. The molecule has 3 nitrogen and oxygen atoms in total. The van der Waals surface area contributed by atoms with Crippen molar-refractivity contribution in [1.29, 1.82) is 0 Å². The van der Waals surface area contributed by atoms with Crippen LogP contribution in [0.15, 0.2) is 0 Å². The summed E-state index contributed by atoms with van der Waals surface area (Å²) in [4.78, 5) is 5.77. The average molecular weight is 220 g/mol. The number of nitrogens with zero attached hydrogens (tertiary/aromatic N) is 2. The summed E-state index contributed by atoms with van der Waals surface area (Å²) in [5.74, 6) is 4.84. The lowest BCUT2D eigenvalue weighted by atomic mass is 10.6. The van der Waals surface area contributed by atoms with Gasteiger partial charge >= 0.3 is 0 Å². The molecule has 0 aromatic carbocycles. The first-order valence-electron chi connectivity index (χ1n) is 4.78. The third-order valence-electron chi connectivity index (χ3n) is 2.17. The van der Waals surface area contributed by atoms with Crippen molar-refractivity contribution in [1.82, 2.24) is 10.1 Å². The van der Waals surface area contributed by atoms with E-state index in [4.69, 9.17) is 4.94 Å². The maximum Gasteiger partial charge on any atom is 0.0351 e. The van der Waals surface area contributed by atoms with Gasteiger partial charge in [0.2, 0.25) is 0 Å². The highest BCUT2D eigenvalue weighted by Crippen LogP contribution is 2.14. The molecule has 0 aromatic heterocycles. The van der Waals surface area contributed by atoms with E-state index in [0.29, 0.717) is 0 Å². The Balaban J connectivity index is 1.69. The van der Waals surface area contributed by atoms with Crippen LogP contribution >= 0.6 is 23.5 Å². The third-order valence-corrected chi connectivity index (χ3v) is 4.06. The van der Waals surface area contributed by atoms with Crippen molar-refractivity contribution in [2.45, 2.75) is 0 Å². The molecule has 2 saturated heterocycles. The Kier molecular flexibility index (Phi) is 4.24. The molecule has 2 heterocycles. The van der Waals surface area contributed by atoms with E-state index in [-0.39, 0.29) is 0 Å². The van der Waals surface area contributed by atoms with Crippen LogP contribution in [0.2, 0.25) is 0 Å². The van der Waals surface area contributed by atoms with E-state index in [0.717, 1.165) is 26.2 Å². The Bertz CT molecular complexity index is 131. The first kappa shape index (κ1) is 10.1. The van der Waals surface area contributed by atoms with Crippen molar-refractivity contribution in [3.8, 4) is 0 Å². The molecule has 2 fully saturated rings. The Hall–Kier alpha value is 0.580. The van der Waals surface area contributed by atoms with Gasteiger partial charge in [-0.05, 0) is 0 Å². The van der Waals surface area contributed by atoms with Crippen molar-refractivity contribution in [2.75, 3.05) is 49.2 Å². The van der Waals surface area contributed by atoms with E-state index in [1.54, 1.807) is 0 Å². The van der Waals surface area contributed by atoms with Gasteiger partial charge in [0.15, 0.2) is 0 Å². The number of thioether (sulfide) groups is 2. The Morgan fingerprint density at radius 2 is 1.08 bits per heavy atom. The molecule has 0 spiro atoms. The molecule has 76 valence electrons. The smallest absolute Gasteiger partial charge is 0.0351 e. The Morgan fingerprint density at radius 1 is 0.692 bits per heavy atom. The van der Waals surface area contributed by atoms with Gasteiger partial charge in [0.05, 0.1) is 0 Å². The zero-order valence-electron chi connectivity index (χ0n) is 7.78. The minimum Gasteiger partial charge on any atom is -0.208 e. The van der Waals surface area contributed by atoms with Crippen LogP contribution < -0.4 is 0 Å². The molecule has 2 rings (SSSR count). The lowest BCUT2D eigenvalue weighted by Gasteiger charge is -2.32. The fourth-order valence-electron chi connectivity index (χ4n) is 1.42. The van der Waals surface area contributed by atoms with Gasteiger partial charge in [0, 0.05) is 49.2 Å². The minimum absolute atomic E-state index is 1.08. The zero-order valence-corrected chi connectivity index (χ0v) is 9.41. The second-order valence-electron chi connectivity index (χ2n) is 3.16. The zero-order chi connectivity index (χ0) is 8.93. The molecular formula is C8H16N2OS2. The summed E-state index contributed by atoms with van der Waals surface area (Å²) < 4.78 is 0. The van der Waals surface area contributed by atoms with Gasteiger partial charge in [0.1, 0.15) is 0 Å². The Morgan fingerprint density at radius 3 is 1.46 bits per heavy atom. The van der Waals surface area contributed by atoms with Crippen LogP contribution in [0.3, 0.4) is 0 Å². The average Bonchev–Trinajstić information content (AvgIpc) is 2.21. The monoisotopic (exact) mass is 220 g/mol. The molecule has 5 heteroatoms. The molecular weight excluding hydrogens is 204 g/mol. The maximum atomic E-state index is 5.77. The maximum absolute atomic E-state index is 5.77. The second-order valence-corrected chi connectivity index (χ2v) is 5.61. The summed E-state index contributed by atoms with van der Waals surface area (Å²) in [6, 6.07) is 0. The van der Waals surface area contributed by atoms with Gasteiger partial charge in [-0.15, -0.1) is 0 Å². The lowest BCUT2D eigenvalue weighted by Crippen LogP contribution is -2.43. The van der Waals surface area contributed by atoms with Crippen LogP contribution in [0, 0.1) is 0 Å². The molecule has 0 radical (unpaired) electrons. The van der Waals surface area contributed by atoms with Crippen molar-refractivity contribution in [2.24, 2.45) is 0 Å².